The van der Waals surface area contributed by atoms with Crippen LogP contribution in [-0.2, 0) is 13.0 Å². The zero-order valence-electron chi connectivity index (χ0n) is 12.5. The summed E-state index contributed by atoms with van der Waals surface area (Å²) in [4.78, 5) is 0. The quantitative estimate of drug-likeness (QED) is 0.775. The van der Waals surface area contributed by atoms with E-state index in [4.69, 9.17) is 9.63 Å². The normalized spacial score (nSPS) is 10.8. The van der Waals surface area contributed by atoms with Crippen LogP contribution in [0.3, 0.4) is 0 Å². The van der Waals surface area contributed by atoms with Gasteiger partial charge in [0.05, 0.1) is 12.3 Å². The van der Waals surface area contributed by atoms with Gasteiger partial charge >= 0.3 is 0 Å². The standard InChI is InChI=1S/C19H18NO2/c1-14-18(12-9-15-5-3-2-4-6-15)19(22-20-14)17-10-7-16(13-21)8-11-17/h2-11,21H,12-13H2,1H3. The maximum atomic E-state index is 9.13. The Kier molecular flexibility index (Phi) is 4.35. The highest BCUT2D eigenvalue weighted by atomic mass is 16.5. The summed E-state index contributed by atoms with van der Waals surface area (Å²) in [6.07, 6.45) is 2.95. The predicted octanol–water partition coefficient (Wildman–Crippen LogP) is 3.94. The van der Waals surface area contributed by atoms with Crippen molar-refractivity contribution in [2.24, 2.45) is 0 Å². The lowest BCUT2D eigenvalue weighted by Crippen LogP contribution is -1.92. The first-order valence-electron chi connectivity index (χ1n) is 7.31. The van der Waals surface area contributed by atoms with Crippen molar-refractivity contribution in [1.29, 1.82) is 0 Å². The molecular formula is C19H18NO2. The second kappa shape index (κ2) is 6.58. The van der Waals surface area contributed by atoms with Gasteiger partial charge in [-0.05, 0) is 30.9 Å². The molecule has 3 aromatic rings. The van der Waals surface area contributed by atoms with Crippen LogP contribution in [0.5, 0.6) is 0 Å². The first kappa shape index (κ1) is 14.5. The highest BCUT2D eigenvalue weighted by molar-refractivity contribution is 5.62. The summed E-state index contributed by atoms with van der Waals surface area (Å²) in [5.74, 6) is 0.800. The highest BCUT2D eigenvalue weighted by Crippen LogP contribution is 2.28. The topological polar surface area (TPSA) is 46.3 Å². The molecule has 0 aliphatic carbocycles. The Morgan fingerprint density at radius 2 is 1.77 bits per heavy atom. The van der Waals surface area contributed by atoms with Crippen molar-refractivity contribution >= 4 is 0 Å². The van der Waals surface area contributed by atoms with E-state index < -0.39 is 0 Å². The van der Waals surface area contributed by atoms with E-state index in [1.54, 1.807) is 0 Å². The molecule has 0 fully saturated rings. The molecule has 3 heteroatoms. The Balaban J connectivity index is 1.83. The predicted molar refractivity (Wildman–Crippen MR) is 86.1 cm³/mol. The SMILES string of the molecule is Cc1noc(-c2ccc(CO)cc2)c1C[CH]c1ccccc1. The zero-order chi connectivity index (χ0) is 15.4. The van der Waals surface area contributed by atoms with Gasteiger partial charge in [0.2, 0.25) is 0 Å². The van der Waals surface area contributed by atoms with Gasteiger partial charge in [-0.3, -0.25) is 0 Å². The Hall–Kier alpha value is -2.39. The molecule has 0 amide bonds. The number of hydrogen-bond donors (Lipinski definition) is 1. The third-order valence-electron chi connectivity index (χ3n) is 3.72. The van der Waals surface area contributed by atoms with Crippen LogP contribution in [0.25, 0.3) is 11.3 Å². The molecule has 1 heterocycles. The van der Waals surface area contributed by atoms with Crippen molar-refractivity contribution in [3.8, 4) is 11.3 Å². The lowest BCUT2D eigenvalue weighted by Gasteiger charge is -2.04. The van der Waals surface area contributed by atoms with Gasteiger partial charge in [0, 0.05) is 11.1 Å². The molecule has 111 valence electrons. The monoisotopic (exact) mass is 292 g/mol. The summed E-state index contributed by atoms with van der Waals surface area (Å²) < 4.78 is 5.51. The second-order valence-electron chi connectivity index (χ2n) is 5.25. The van der Waals surface area contributed by atoms with E-state index in [-0.39, 0.29) is 6.61 Å². The van der Waals surface area contributed by atoms with Crippen LogP contribution in [-0.4, -0.2) is 10.3 Å². The minimum Gasteiger partial charge on any atom is -0.392 e. The summed E-state index contributed by atoms with van der Waals surface area (Å²) in [5, 5.41) is 13.2. The van der Waals surface area contributed by atoms with Gasteiger partial charge in [0.1, 0.15) is 0 Å². The summed E-state index contributed by atoms with van der Waals surface area (Å²) >= 11 is 0. The highest BCUT2D eigenvalue weighted by Gasteiger charge is 2.15. The largest absolute Gasteiger partial charge is 0.392 e. The van der Waals surface area contributed by atoms with Crippen LogP contribution < -0.4 is 0 Å². The van der Waals surface area contributed by atoms with E-state index in [9.17, 15) is 0 Å². The van der Waals surface area contributed by atoms with E-state index in [2.05, 4.69) is 23.7 Å². The van der Waals surface area contributed by atoms with E-state index in [1.165, 1.54) is 5.56 Å². The molecule has 1 N–H and O–H groups in total. The molecule has 0 aliphatic rings. The van der Waals surface area contributed by atoms with Gasteiger partial charge in [-0.2, -0.15) is 0 Å². The lowest BCUT2D eigenvalue weighted by atomic mass is 9.99. The Morgan fingerprint density at radius 3 is 2.45 bits per heavy atom. The molecule has 3 rings (SSSR count). The first-order chi connectivity index (χ1) is 10.8. The molecule has 22 heavy (non-hydrogen) atoms. The van der Waals surface area contributed by atoms with Crippen LogP contribution in [0.15, 0.2) is 59.1 Å². The maximum absolute atomic E-state index is 9.13. The van der Waals surface area contributed by atoms with Gasteiger partial charge < -0.3 is 9.63 Å². The van der Waals surface area contributed by atoms with Crippen LogP contribution in [0.1, 0.15) is 22.4 Å². The molecule has 2 aromatic carbocycles. The summed E-state index contributed by atoms with van der Waals surface area (Å²) in [6.45, 7) is 2.01. The van der Waals surface area contributed by atoms with Crippen molar-refractivity contribution in [2.45, 2.75) is 20.0 Å². The minimum absolute atomic E-state index is 0.0460. The first-order valence-corrected chi connectivity index (χ1v) is 7.31. The van der Waals surface area contributed by atoms with Crippen molar-refractivity contribution < 1.29 is 9.63 Å². The van der Waals surface area contributed by atoms with Gasteiger partial charge in [-0.15, -0.1) is 0 Å². The van der Waals surface area contributed by atoms with E-state index >= 15 is 0 Å². The Bertz CT molecular complexity index is 730. The number of rotatable bonds is 5. The third-order valence-corrected chi connectivity index (χ3v) is 3.72. The molecular weight excluding hydrogens is 274 g/mol. The van der Waals surface area contributed by atoms with Crippen LogP contribution in [0, 0.1) is 13.3 Å². The zero-order valence-corrected chi connectivity index (χ0v) is 12.5. The second-order valence-corrected chi connectivity index (χ2v) is 5.25. The Morgan fingerprint density at radius 1 is 1.05 bits per heavy atom. The number of aryl methyl sites for hydroxylation is 1. The van der Waals surface area contributed by atoms with Crippen molar-refractivity contribution in [3.63, 3.8) is 0 Å². The molecule has 3 nitrogen and oxygen atoms in total. The Labute approximate surface area is 130 Å². The van der Waals surface area contributed by atoms with Gasteiger partial charge in [0.25, 0.3) is 0 Å². The van der Waals surface area contributed by atoms with Crippen LogP contribution >= 0.6 is 0 Å². The van der Waals surface area contributed by atoms with Crippen molar-refractivity contribution in [1.82, 2.24) is 5.16 Å². The fourth-order valence-corrected chi connectivity index (χ4v) is 2.43. The molecule has 0 aliphatic heterocycles. The van der Waals surface area contributed by atoms with Crippen LogP contribution in [0.4, 0.5) is 0 Å². The fraction of sp³-hybridized carbons (Fsp3) is 0.158. The number of aliphatic hydroxyl groups excluding tert-OH is 1. The smallest absolute Gasteiger partial charge is 0.170 e. The average molecular weight is 292 g/mol. The maximum Gasteiger partial charge on any atom is 0.170 e. The summed E-state index contributed by atoms with van der Waals surface area (Å²) in [7, 11) is 0. The molecule has 1 radical (unpaired) electrons. The van der Waals surface area contributed by atoms with Gasteiger partial charge in [-0.1, -0.05) is 59.8 Å². The summed E-state index contributed by atoms with van der Waals surface area (Å²) in [6, 6.07) is 17.9. The van der Waals surface area contributed by atoms with Crippen molar-refractivity contribution in [2.75, 3.05) is 0 Å². The summed E-state index contributed by atoms with van der Waals surface area (Å²) in [5.41, 5.74) is 5.06. The molecule has 0 unspecified atom stereocenters. The number of nitrogens with zero attached hydrogens (tertiary/aromatic N) is 1. The molecule has 0 saturated heterocycles. The molecule has 0 spiro atoms. The van der Waals surface area contributed by atoms with E-state index in [0.717, 1.165) is 34.6 Å². The number of aliphatic hydroxyl groups is 1. The minimum atomic E-state index is 0.0460. The van der Waals surface area contributed by atoms with Crippen molar-refractivity contribution in [3.05, 3.63) is 83.4 Å². The van der Waals surface area contributed by atoms with Gasteiger partial charge in [-0.25, -0.2) is 0 Å². The molecule has 0 saturated carbocycles. The molecule has 1 aromatic heterocycles. The fourth-order valence-electron chi connectivity index (χ4n) is 2.43. The van der Waals surface area contributed by atoms with Gasteiger partial charge in [0.15, 0.2) is 5.76 Å². The van der Waals surface area contributed by atoms with E-state index in [0.29, 0.717) is 0 Å². The lowest BCUT2D eigenvalue weighted by molar-refractivity contribution is 0.282. The molecule has 0 atom stereocenters. The van der Waals surface area contributed by atoms with E-state index in [1.807, 2.05) is 49.4 Å². The third kappa shape index (κ3) is 3.10. The number of aromatic nitrogens is 1. The molecule has 0 bridgehead atoms. The number of benzene rings is 2. The number of hydrogen-bond acceptors (Lipinski definition) is 3. The van der Waals surface area contributed by atoms with Crippen LogP contribution in [0.2, 0.25) is 0 Å². The average Bonchev–Trinajstić information content (AvgIpc) is 2.95.